The van der Waals surface area contributed by atoms with E-state index in [4.69, 9.17) is 0 Å². The first-order chi connectivity index (χ1) is 19.6. The first-order valence-corrected chi connectivity index (χ1v) is 12.7. The number of nitrogens with zero attached hydrogens (tertiary/aromatic N) is 1. The fraction of sp³-hybridized carbons (Fsp3) is 0.129. The molecule has 4 aromatic rings. The van der Waals surface area contributed by atoms with E-state index in [-0.39, 0.29) is 23.7 Å². The van der Waals surface area contributed by atoms with Gasteiger partial charge in [-0.05, 0) is 73.7 Å². The summed E-state index contributed by atoms with van der Waals surface area (Å²) in [6, 6.07) is 26.5. The Morgan fingerprint density at radius 2 is 1.32 bits per heavy atom. The van der Waals surface area contributed by atoms with Crippen molar-refractivity contribution >= 4 is 40.5 Å². The van der Waals surface area contributed by atoms with Crippen LogP contribution in [-0.2, 0) is 11.0 Å². The monoisotopic (exact) mass is 560 g/mol. The molecule has 0 fully saturated rings. The maximum atomic E-state index is 13.1. The molecule has 0 aromatic heterocycles. The fourth-order valence-corrected chi connectivity index (χ4v) is 4.07. The lowest BCUT2D eigenvalue weighted by Crippen LogP contribution is -2.30. The van der Waals surface area contributed by atoms with Crippen LogP contribution in [-0.4, -0.2) is 30.8 Å². The molecule has 4 aromatic carbocycles. The van der Waals surface area contributed by atoms with E-state index in [1.165, 1.54) is 24.3 Å². The summed E-state index contributed by atoms with van der Waals surface area (Å²) < 4.78 is 38.9. The summed E-state index contributed by atoms with van der Waals surface area (Å²) >= 11 is 0. The Hall–Kier alpha value is -5.12. The van der Waals surface area contributed by atoms with Gasteiger partial charge >= 0.3 is 6.18 Å². The van der Waals surface area contributed by atoms with Gasteiger partial charge in [-0.3, -0.25) is 14.4 Å². The molecular formula is C31H27F3N4O3. The quantitative estimate of drug-likeness (QED) is 0.213. The molecular weight excluding hydrogens is 533 g/mol. The first kappa shape index (κ1) is 28.9. The summed E-state index contributed by atoms with van der Waals surface area (Å²) in [4.78, 5) is 40.0. The van der Waals surface area contributed by atoms with Crippen molar-refractivity contribution in [1.82, 2.24) is 0 Å². The van der Waals surface area contributed by atoms with Crippen molar-refractivity contribution in [3.05, 3.63) is 120 Å². The molecule has 41 heavy (non-hydrogen) atoms. The van der Waals surface area contributed by atoms with Gasteiger partial charge in [0.15, 0.2) is 0 Å². The van der Waals surface area contributed by atoms with Gasteiger partial charge in [-0.15, -0.1) is 0 Å². The van der Waals surface area contributed by atoms with Crippen LogP contribution in [0.1, 0.15) is 33.2 Å². The second kappa shape index (κ2) is 12.8. The highest BCUT2D eigenvalue weighted by atomic mass is 19.4. The van der Waals surface area contributed by atoms with Crippen LogP contribution in [0.25, 0.3) is 0 Å². The highest BCUT2D eigenvalue weighted by Crippen LogP contribution is 2.30. The van der Waals surface area contributed by atoms with Crippen molar-refractivity contribution in [3.63, 3.8) is 0 Å². The highest BCUT2D eigenvalue weighted by molar-refractivity contribution is 6.07. The van der Waals surface area contributed by atoms with Gasteiger partial charge in [0.1, 0.15) is 0 Å². The minimum atomic E-state index is -4.53. The predicted molar refractivity (Wildman–Crippen MR) is 153 cm³/mol. The molecule has 0 bridgehead atoms. The Morgan fingerprint density at radius 1 is 0.707 bits per heavy atom. The van der Waals surface area contributed by atoms with Crippen LogP contribution in [0.2, 0.25) is 0 Å². The van der Waals surface area contributed by atoms with Crippen LogP contribution in [0.4, 0.5) is 35.9 Å². The van der Waals surface area contributed by atoms with Crippen LogP contribution < -0.4 is 20.9 Å². The number of nitrogens with one attached hydrogen (secondary N) is 3. The number of alkyl halides is 3. The lowest BCUT2D eigenvalue weighted by Gasteiger charge is -2.21. The molecule has 0 aliphatic heterocycles. The van der Waals surface area contributed by atoms with Crippen molar-refractivity contribution in [2.75, 3.05) is 33.9 Å². The third kappa shape index (κ3) is 7.72. The predicted octanol–water partition coefficient (Wildman–Crippen LogP) is 6.68. The van der Waals surface area contributed by atoms with Gasteiger partial charge in [-0.1, -0.05) is 36.4 Å². The van der Waals surface area contributed by atoms with Gasteiger partial charge in [0.05, 0.1) is 12.1 Å². The molecule has 0 saturated carbocycles. The molecule has 0 unspecified atom stereocenters. The van der Waals surface area contributed by atoms with E-state index in [2.05, 4.69) is 16.0 Å². The molecule has 7 nitrogen and oxygen atoms in total. The minimum absolute atomic E-state index is 0.00463. The van der Waals surface area contributed by atoms with E-state index in [1.54, 1.807) is 41.3 Å². The Kier molecular flexibility index (Phi) is 9.03. The Balaban J connectivity index is 1.35. The third-order valence-electron chi connectivity index (χ3n) is 6.05. The van der Waals surface area contributed by atoms with Crippen LogP contribution >= 0.6 is 0 Å². The van der Waals surface area contributed by atoms with Crippen molar-refractivity contribution < 1.29 is 27.6 Å². The molecule has 210 valence electrons. The number of hydrogen-bond acceptors (Lipinski definition) is 4. The molecule has 10 heteroatoms. The summed E-state index contributed by atoms with van der Waals surface area (Å²) in [6.07, 6.45) is -4.53. The lowest BCUT2D eigenvalue weighted by molar-refractivity contribution is -0.137. The molecule has 0 aliphatic carbocycles. The largest absolute Gasteiger partial charge is 0.416 e. The van der Waals surface area contributed by atoms with E-state index in [0.717, 1.165) is 17.8 Å². The molecule has 0 spiro atoms. The summed E-state index contributed by atoms with van der Waals surface area (Å²) in [5, 5.41) is 8.11. The van der Waals surface area contributed by atoms with Gasteiger partial charge in [-0.25, -0.2) is 0 Å². The Bertz CT molecular complexity index is 1540. The number of para-hydroxylation sites is 1. The average molecular weight is 561 g/mol. The molecule has 0 atom stereocenters. The molecule has 0 aliphatic rings. The number of hydrogen-bond donors (Lipinski definition) is 3. The number of rotatable bonds is 9. The topological polar surface area (TPSA) is 90.5 Å². The number of anilines is 4. The molecule has 3 N–H and O–H groups in total. The molecule has 0 radical (unpaired) electrons. The van der Waals surface area contributed by atoms with Crippen molar-refractivity contribution in [3.8, 4) is 0 Å². The van der Waals surface area contributed by atoms with Crippen LogP contribution in [0, 0.1) is 0 Å². The average Bonchev–Trinajstić information content (AvgIpc) is 2.97. The zero-order valence-electron chi connectivity index (χ0n) is 22.0. The second-order valence-electron chi connectivity index (χ2n) is 8.98. The summed E-state index contributed by atoms with van der Waals surface area (Å²) in [7, 11) is 0. The van der Waals surface area contributed by atoms with E-state index in [9.17, 15) is 27.6 Å². The molecule has 3 amide bonds. The summed E-state index contributed by atoms with van der Waals surface area (Å²) in [5.41, 5.74) is 1.41. The van der Waals surface area contributed by atoms with Gasteiger partial charge < -0.3 is 20.9 Å². The van der Waals surface area contributed by atoms with E-state index in [0.29, 0.717) is 23.5 Å². The standard InChI is InChI=1S/C31H27F3N4O3/c1-2-38(27-15-4-3-5-16-27)30(41)22-10-7-12-24(18-22)35-20-28(39)36-25-13-6-9-21(17-25)29(40)37-26-14-8-11-23(19-26)31(32,33)34/h3-19,35H,2,20H2,1H3,(H,36,39)(H,37,40). The number of carbonyl (C=O) groups is 3. The second-order valence-corrected chi connectivity index (χ2v) is 8.98. The van der Waals surface area contributed by atoms with Crippen LogP contribution in [0.5, 0.6) is 0 Å². The van der Waals surface area contributed by atoms with Crippen molar-refractivity contribution in [2.24, 2.45) is 0 Å². The molecule has 0 saturated heterocycles. The zero-order chi connectivity index (χ0) is 29.4. The fourth-order valence-electron chi connectivity index (χ4n) is 4.07. The Labute approximate surface area is 235 Å². The number of amides is 3. The number of halogens is 3. The highest BCUT2D eigenvalue weighted by Gasteiger charge is 2.30. The smallest absolute Gasteiger partial charge is 0.376 e. The van der Waals surface area contributed by atoms with Gasteiger partial charge in [0.2, 0.25) is 5.91 Å². The Morgan fingerprint density at radius 3 is 2.00 bits per heavy atom. The van der Waals surface area contributed by atoms with Crippen LogP contribution in [0.3, 0.4) is 0 Å². The molecule has 4 rings (SSSR count). The zero-order valence-corrected chi connectivity index (χ0v) is 22.0. The van der Waals surface area contributed by atoms with Gasteiger partial charge in [-0.2, -0.15) is 13.2 Å². The lowest BCUT2D eigenvalue weighted by atomic mass is 10.1. The first-order valence-electron chi connectivity index (χ1n) is 12.7. The molecule has 0 heterocycles. The normalized spacial score (nSPS) is 10.9. The maximum absolute atomic E-state index is 13.1. The number of carbonyl (C=O) groups excluding carboxylic acids is 3. The van der Waals surface area contributed by atoms with Crippen molar-refractivity contribution in [2.45, 2.75) is 13.1 Å². The van der Waals surface area contributed by atoms with Gasteiger partial charge in [0.25, 0.3) is 11.8 Å². The van der Waals surface area contributed by atoms with E-state index >= 15 is 0 Å². The SMILES string of the molecule is CCN(C(=O)c1cccc(NCC(=O)Nc2cccc(C(=O)Nc3cccc(C(F)(F)F)c3)c2)c1)c1ccccc1. The van der Waals surface area contributed by atoms with Gasteiger partial charge in [0, 0.05) is 40.4 Å². The number of benzene rings is 4. The van der Waals surface area contributed by atoms with Crippen molar-refractivity contribution in [1.29, 1.82) is 0 Å². The summed E-state index contributed by atoms with van der Waals surface area (Å²) in [5.74, 6) is -1.21. The summed E-state index contributed by atoms with van der Waals surface area (Å²) in [6.45, 7) is 2.26. The van der Waals surface area contributed by atoms with E-state index in [1.807, 2.05) is 37.3 Å². The maximum Gasteiger partial charge on any atom is 0.416 e. The third-order valence-corrected chi connectivity index (χ3v) is 6.05. The van der Waals surface area contributed by atoms with E-state index < -0.39 is 23.6 Å². The van der Waals surface area contributed by atoms with Crippen LogP contribution in [0.15, 0.2) is 103 Å². The minimum Gasteiger partial charge on any atom is -0.376 e.